The quantitative estimate of drug-likeness (QED) is 0.464. The normalized spacial score (nSPS) is 36.9. The number of rotatable bonds is 4. The Balaban J connectivity index is 2.28. The van der Waals surface area contributed by atoms with Gasteiger partial charge >= 0.3 is 0 Å². The van der Waals surface area contributed by atoms with Gasteiger partial charge < -0.3 is 5.11 Å². The molecular formula is C12H15IO2S. The Morgan fingerprint density at radius 3 is 3.19 bits per heavy atom. The monoisotopic (exact) mass is 350 g/mol. The highest BCUT2D eigenvalue weighted by molar-refractivity contribution is 14.2. The van der Waals surface area contributed by atoms with Crippen molar-refractivity contribution >= 4 is 30.4 Å². The van der Waals surface area contributed by atoms with Crippen molar-refractivity contribution in [2.45, 2.75) is 24.9 Å². The average molecular weight is 350 g/mol. The Hall–Kier alpha value is 0.0600. The molecule has 0 saturated heterocycles. The molecule has 16 heavy (non-hydrogen) atoms. The first-order valence-corrected chi connectivity index (χ1v) is 8.66. The van der Waals surface area contributed by atoms with Crippen LogP contribution in [0.25, 0.3) is 0 Å². The van der Waals surface area contributed by atoms with Gasteiger partial charge in [0, 0.05) is 33.5 Å². The molecule has 2 nitrogen and oxygen atoms in total. The maximum atomic E-state index is 10.2. The Morgan fingerprint density at radius 2 is 2.50 bits per heavy atom. The van der Waals surface area contributed by atoms with Gasteiger partial charge in [-0.15, -0.1) is 6.58 Å². The van der Waals surface area contributed by atoms with E-state index in [1.165, 1.54) is 9.21 Å². The topological polar surface area (TPSA) is 29.5 Å². The van der Waals surface area contributed by atoms with Crippen LogP contribution in [0.3, 0.4) is 0 Å². The van der Waals surface area contributed by atoms with E-state index in [1.54, 1.807) is 0 Å². The van der Waals surface area contributed by atoms with Gasteiger partial charge in [-0.2, -0.15) is 0 Å². The van der Waals surface area contributed by atoms with E-state index in [4.69, 9.17) is 4.18 Å². The molecule has 0 heterocycles. The van der Waals surface area contributed by atoms with Crippen molar-refractivity contribution in [2.75, 3.05) is 0 Å². The number of aliphatic hydroxyl groups is 1. The summed E-state index contributed by atoms with van der Waals surface area (Å²) < 4.78 is 5.78. The summed E-state index contributed by atoms with van der Waals surface area (Å²) in [4.78, 5) is 0. The molecule has 1 N–H and O–H groups in total. The summed E-state index contributed by atoms with van der Waals surface area (Å²) in [5.74, 6) is 1.10. The molecule has 0 aromatic carbocycles. The third-order valence-corrected chi connectivity index (χ3v) is 4.42. The average Bonchev–Trinajstić information content (AvgIpc) is 2.54. The van der Waals surface area contributed by atoms with Crippen LogP contribution in [0.2, 0.25) is 0 Å². The van der Waals surface area contributed by atoms with Gasteiger partial charge in [-0.05, 0) is 24.8 Å². The fourth-order valence-electron chi connectivity index (χ4n) is 2.74. The summed E-state index contributed by atoms with van der Waals surface area (Å²) >= 11 is 2.11. The Morgan fingerprint density at radius 1 is 1.69 bits per heavy atom. The van der Waals surface area contributed by atoms with E-state index in [2.05, 4.69) is 39.9 Å². The smallest absolute Gasteiger partial charge is 0.147 e. The Bertz CT molecular complexity index is 340. The van der Waals surface area contributed by atoms with Crippen LogP contribution in [-0.2, 0) is 4.18 Å². The van der Waals surface area contributed by atoms with E-state index in [0.717, 1.165) is 19.3 Å². The second-order valence-corrected chi connectivity index (χ2v) is 5.67. The minimum absolute atomic E-state index is 0.345. The molecule has 2 aliphatic carbocycles. The molecule has 0 radical (unpaired) electrons. The lowest BCUT2D eigenvalue weighted by Crippen LogP contribution is -2.40. The number of aliphatic hydroxyl groups excluding tert-OH is 1. The molecule has 4 heteroatoms. The van der Waals surface area contributed by atoms with Crippen LogP contribution in [0, 0.1) is 11.8 Å². The van der Waals surface area contributed by atoms with E-state index < -0.39 is 5.60 Å². The van der Waals surface area contributed by atoms with Crippen molar-refractivity contribution in [3.63, 3.8) is 0 Å². The molecule has 0 unspecified atom stereocenters. The lowest BCUT2D eigenvalue weighted by molar-refractivity contribution is 0.0274. The minimum Gasteiger partial charge on any atom is -0.509 e. The Labute approximate surface area is 113 Å². The number of hydrogen-bond acceptors (Lipinski definition) is 3. The second kappa shape index (κ2) is 5.14. The maximum Gasteiger partial charge on any atom is 0.147 e. The zero-order chi connectivity index (χ0) is 11.6. The van der Waals surface area contributed by atoms with E-state index >= 15 is 0 Å². The molecule has 0 spiro atoms. The molecular weight excluding hydrogens is 335 g/mol. The third-order valence-electron chi connectivity index (χ3n) is 3.52. The van der Waals surface area contributed by atoms with E-state index in [-0.39, 0.29) is 0 Å². The lowest BCUT2D eigenvalue weighted by atomic mass is 9.75. The van der Waals surface area contributed by atoms with Crippen molar-refractivity contribution in [3.8, 4) is 0 Å². The zero-order valence-electron chi connectivity index (χ0n) is 8.93. The van der Waals surface area contributed by atoms with E-state index in [0.29, 0.717) is 17.6 Å². The van der Waals surface area contributed by atoms with Crippen LogP contribution in [0.15, 0.2) is 36.6 Å². The summed E-state index contributed by atoms with van der Waals surface area (Å²) in [6.07, 6.45) is 10.8. The third kappa shape index (κ3) is 1.95. The molecule has 0 aliphatic heterocycles. The summed E-state index contributed by atoms with van der Waals surface area (Å²) in [6.45, 7) is 3.78. The van der Waals surface area contributed by atoms with Gasteiger partial charge in [-0.1, -0.05) is 18.2 Å². The molecule has 0 bridgehead atoms. The highest BCUT2D eigenvalue weighted by Gasteiger charge is 2.51. The lowest BCUT2D eigenvalue weighted by Gasteiger charge is -2.37. The molecule has 2 rings (SSSR count). The Kier molecular flexibility index (Phi) is 4.02. The van der Waals surface area contributed by atoms with Crippen molar-refractivity contribution in [1.29, 1.82) is 0 Å². The van der Waals surface area contributed by atoms with Crippen molar-refractivity contribution < 1.29 is 9.29 Å². The number of hydrogen-bond donors (Lipinski definition) is 1. The fourth-order valence-corrected chi connectivity index (χ4v) is 4.09. The molecule has 0 aromatic heterocycles. The van der Waals surface area contributed by atoms with Gasteiger partial charge in [-0.25, -0.2) is 0 Å². The SMILES string of the molecule is C=CC[C@@H]1C=C(O)[C@@]2(OSI)CC=CC[C@H]12. The highest BCUT2D eigenvalue weighted by Crippen LogP contribution is 2.51. The first kappa shape index (κ1) is 12.5. The maximum absolute atomic E-state index is 10.2. The molecule has 2 aliphatic rings. The second-order valence-electron chi connectivity index (χ2n) is 4.29. The number of allylic oxidation sites excluding steroid dienone is 3. The van der Waals surface area contributed by atoms with Gasteiger partial charge in [0.15, 0.2) is 0 Å². The zero-order valence-corrected chi connectivity index (χ0v) is 11.9. The highest BCUT2D eigenvalue weighted by atomic mass is 127. The van der Waals surface area contributed by atoms with Gasteiger partial charge in [0.2, 0.25) is 0 Å². The van der Waals surface area contributed by atoms with E-state index in [1.807, 2.05) is 12.2 Å². The first-order chi connectivity index (χ1) is 7.74. The van der Waals surface area contributed by atoms with Crippen molar-refractivity contribution in [3.05, 3.63) is 36.6 Å². The van der Waals surface area contributed by atoms with Crippen LogP contribution in [0.4, 0.5) is 0 Å². The summed E-state index contributed by atoms with van der Waals surface area (Å²) in [6, 6.07) is 0. The largest absolute Gasteiger partial charge is 0.509 e. The van der Waals surface area contributed by atoms with Crippen LogP contribution in [-0.4, -0.2) is 10.7 Å². The predicted octanol–water partition coefficient (Wildman–Crippen LogP) is 4.35. The van der Waals surface area contributed by atoms with Crippen molar-refractivity contribution in [1.82, 2.24) is 0 Å². The van der Waals surface area contributed by atoms with Gasteiger partial charge in [0.1, 0.15) is 11.4 Å². The van der Waals surface area contributed by atoms with Crippen LogP contribution >= 0.6 is 30.4 Å². The molecule has 0 aromatic rings. The number of fused-ring (bicyclic) bond motifs is 1. The van der Waals surface area contributed by atoms with Crippen LogP contribution < -0.4 is 0 Å². The summed E-state index contributed by atoms with van der Waals surface area (Å²) in [5, 5.41) is 10.2. The molecule has 0 amide bonds. The number of halogens is 1. The van der Waals surface area contributed by atoms with Crippen molar-refractivity contribution in [2.24, 2.45) is 11.8 Å². The van der Waals surface area contributed by atoms with E-state index in [9.17, 15) is 5.11 Å². The van der Waals surface area contributed by atoms with Gasteiger partial charge in [0.25, 0.3) is 0 Å². The van der Waals surface area contributed by atoms with Crippen LogP contribution in [0.5, 0.6) is 0 Å². The van der Waals surface area contributed by atoms with Gasteiger partial charge in [0.05, 0.1) is 9.21 Å². The standard InChI is InChI=1S/C12H15IO2S/c1-2-5-9-8-11(14)12(15-16-13)7-4-3-6-10(9)12/h2-4,8-10,14H,1,5-7H2/t9-,10-,12-/m1/s1. The molecule has 0 fully saturated rings. The van der Waals surface area contributed by atoms with Gasteiger partial charge in [-0.3, -0.25) is 4.18 Å². The summed E-state index contributed by atoms with van der Waals surface area (Å²) in [5.41, 5.74) is -0.492. The predicted molar refractivity (Wildman–Crippen MR) is 76.3 cm³/mol. The fraction of sp³-hybridized carbons (Fsp3) is 0.500. The molecule has 3 atom stereocenters. The molecule has 0 saturated carbocycles. The van der Waals surface area contributed by atoms with Crippen LogP contribution in [0.1, 0.15) is 19.3 Å². The minimum atomic E-state index is -0.492. The molecule has 88 valence electrons. The summed E-state index contributed by atoms with van der Waals surface area (Å²) in [7, 11) is 1.31. The first-order valence-electron chi connectivity index (χ1n) is 5.38.